The molecule has 0 saturated heterocycles. The summed E-state index contributed by atoms with van der Waals surface area (Å²) >= 11 is 7.65. The monoisotopic (exact) mass is 536 g/mol. The molecule has 1 aliphatic rings. The Morgan fingerprint density at radius 3 is 2.65 bits per heavy atom. The number of rotatable bonds is 7. The standard InChI is InChI=1S/C28H25ClN2O5S/c1-6-12-36-25-20(29)13-18(14-21(25)34-5)15-22-26(32)31-24(19-10-8-16(3)9-11-19)23(27(33)35-7-2)17(4)30-28(31)37-22/h1,8-11,13-15,24H,7,12H2,2-5H3/b22-15+/t24-/m0/s1. The van der Waals surface area contributed by atoms with Crippen LogP contribution < -0.4 is 24.4 Å². The third kappa shape index (κ3) is 5.19. The van der Waals surface area contributed by atoms with Gasteiger partial charge in [0.05, 0.1) is 40.6 Å². The van der Waals surface area contributed by atoms with E-state index in [0.29, 0.717) is 42.7 Å². The molecule has 4 rings (SSSR count). The van der Waals surface area contributed by atoms with Gasteiger partial charge >= 0.3 is 5.97 Å². The van der Waals surface area contributed by atoms with E-state index < -0.39 is 12.0 Å². The lowest BCUT2D eigenvalue weighted by atomic mass is 9.95. The minimum Gasteiger partial charge on any atom is -0.493 e. The Balaban J connectivity index is 1.90. The molecule has 0 aliphatic carbocycles. The third-order valence-electron chi connectivity index (χ3n) is 5.76. The lowest BCUT2D eigenvalue weighted by Crippen LogP contribution is -2.39. The smallest absolute Gasteiger partial charge is 0.338 e. The lowest BCUT2D eigenvalue weighted by Gasteiger charge is -2.24. The number of ether oxygens (including phenoxy) is 3. The van der Waals surface area contributed by atoms with Crippen molar-refractivity contribution in [2.24, 2.45) is 4.99 Å². The summed E-state index contributed by atoms with van der Waals surface area (Å²) in [6.45, 7) is 5.72. The van der Waals surface area contributed by atoms with Gasteiger partial charge in [-0.25, -0.2) is 9.79 Å². The normalized spacial score (nSPS) is 15.0. The Hall–Kier alpha value is -3.80. The van der Waals surface area contributed by atoms with Crippen LogP contribution in [0.3, 0.4) is 0 Å². The first-order valence-electron chi connectivity index (χ1n) is 11.5. The Morgan fingerprint density at radius 1 is 1.27 bits per heavy atom. The van der Waals surface area contributed by atoms with Crippen molar-refractivity contribution in [1.82, 2.24) is 4.57 Å². The molecule has 7 nitrogen and oxygen atoms in total. The van der Waals surface area contributed by atoms with Crippen molar-refractivity contribution in [3.05, 3.63) is 89.1 Å². The summed E-state index contributed by atoms with van der Waals surface area (Å²) in [4.78, 5) is 31.8. The summed E-state index contributed by atoms with van der Waals surface area (Å²) in [7, 11) is 1.49. The second-order valence-electron chi connectivity index (χ2n) is 8.24. The molecular formula is C28H25ClN2O5S. The van der Waals surface area contributed by atoms with E-state index >= 15 is 0 Å². The maximum Gasteiger partial charge on any atom is 0.338 e. The molecule has 2 heterocycles. The van der Waals surface area contributed by atoms with Crippen molar-refractivity contribution in [2.45, 2.75) is 26.8 Å². The number of fused-ring (bicyclic) bond motifs is 1. The fourth-order valence-corrected chi connectivity index (χ4v) is 5.40. The number of aromatic nitrogens is 1. The molecule has 0 fully saturated rings. The van der Waals surface area contributed by atoms with Gasteiger partial charge in [-0.2, -0.15) is 0 Å². The quantitative estimate of drug-likeness (QED) is 0.339. The van der Waals surface area contributed by atoms with E-state index in [-0.39, 0.29) is 18.8 Å². The number of allylic oxidation sites excluding steroid dienone is 1. The van der Waals surface area contributed by atoms with Crippen LogP contribution in [0, 0.1) is 19.3 Å². The second-order valence-corrected chi connectivity index (χ2v) is 9.66. The Labute approximate surface area is 223 Å². The van der Waals surface area contributed by atoms with Crippen molar-refractivity contribution in [3.8, 4) is 23.8 Å². The molecule has 2 aromatic carbocycles. The minimum atomic E-state index is -0.671. The first-order chi connectivity index (χ1) is 17.8. The first kappa shape index (κ1) is 26.3. The average molecular weight is 537 g/mol. The van der Waals surface area contributed by atoms with Crippen molar-refractivity contribution in [1.29, 1.82) is 0 Å². The number of terminal acetylenes is 1. The number of carbonyl (C=O) groups excluding carboxylic acids is 1. The number of esters is 1. The fraction of sp³-hybridized carbons (Fsp3) is 0.250. The van der Waals surface area contributed by atoms with Crippen molar-refractivity contribution >= 4 is 35.0 Å². The minimum absolute atomic E-state index is 0.0369. The van der Waals surface area contributed by atoms with E-state index in [0.717, 1.165) is 11.1 Å². The van der Waals surface area contributed by atoms with Crippen molar-refractivity contribution in [3.63, 3.8) is 0 Å². The summed E-state index contributed by atoms with van der Waals surface area (Å²) in [5, 5.41) is 0.298. The van der Waals surface area contributed by atoms with E-state index in [1.165, 1.54) is 18.4 Å². The van der Waals surface area contributed by atoms with Crippen LogP contribution in [0.25, 0.3) is 6.08 Å². The lowest BCUT2D eigenvalue weighted by molar-refractivity contribution is -0.139. The van der Waals surface area contributed by atoms with Crippen LogP contribution >= 0.6 is 22.9 Å². The van der Waals surface area contributed by atoms with Gasteiger partial charge < -0.3 is 14.2 Å². The predicted octanol–water partition coefficient (Wildman–Crippen LogP) is 3.78. The molecule has 0 N–H and O–H groups in total. The highest BCUT2D eigenvalue weighted by atomic mass is 35.5. The molecule has 0 spiro atoms. The number of hydrogen-bond acceptors (Lipinski definition) is 7. The summed E-state index contributed by atoms with van der Waals surface area (Å²) in [5.74, 6) is 2.61. The van der Waals surface area contributed by atoms with Gasteiger partial charge in [0.15, 0.2) is 16.3 Å². The molecule has 1 atom stereocenters. The predicted molar refractivity (Wildman–Crippen MR) is 144 cm³/mol. The zero-order valence-electron chi connectivity index (χ0n) is 20.8. The number of carbonyl (C=O) groups is 1. The molecular weight excluding hydrogens is 512 g/mol. The number of methoxy groups -OCH3 is 1. The molecule has 1 aromatic heterocycles. The van der Waals surface area contributed by atoms with Crippen LogP contribution in [-0.4, -0.2) is 30.9 Å². The van der Waals surface area contributed by atoms with Gasteiger partial charge in [-0.3, -0.25) is 9.36 Å². The Morgan fingerprint density at radius 2 is 2.00 bits per heavy atom. The van der Waals surface area contributed by atoms with Gasteiger partial charge in [-0.05, 0) is 50.1 Å². The van der Waals surface area contributed by atoms with E-state index in [1.807, 2.05) is 31.2 Å². The summed E-state index contributed by atoms with van der Waals surface area (Å²) in [6.07, 6.45) is 7.00. The van der Waals surface area contributed by atoms with Gasteiger partial charge in [0.25, 0.3) is 5.56 Å². The molecule has 0 radical (unpaired) electrons. The average Bonchev–Trinajstić information content (AvgIpc) is 3.17. The fourth-order valence-electron chi connectivity index (χ4n) is 4.08. The highest BCUT2D eigenvalue weighted by molar-refractivity contribution is 7.07. The first-order valence-corrected chi connectivity index (χ1v) is 12.7. The number of halogens is 1. The number of hydrogen-bond donors (Lipinski definition) is 0. The molecule has 0 amide bonds. The molecule has 190 valence electrons. The van der Waals surface area contributed by atoms with E-state index in [2.05, 4.69) is 10.9 Å². The zero-order chi connectivity index (χ0) is 26.7. The molecule has 37 heavy (non-hydrogen) atoms. The highest BCUT2D eigenvalue weighted by Gasteiger charge is 2.33. The van der Waals surface area contributed by atoms with Crippen LogP contribution in [0.2, 0.25) is 5.02 Å². The molecule has 9 heteroatoms. The summed E-state index contributed by atoms with van der Waals surface area (Å²) < 4.78 is 18.2. The Kier molecular flexibility index (Phi) is 7.86. The SMILES string of the molecule is C#CCOc1c(Cl)cc(/C=c2/sc3n(c2=O)[C@@H](c2ccc(C)cc2)C(C(=O)OCC)=C(C)N=3)cc1OC. The van der Waals surface area contributed by atoms with E-state index in [1.54, 1.807) is 36.6 Å². The number of nitrogens with zero attached hydrogens (tertiary/aromatic N) is 2. The van der Waals surface area contributed by atoms with Crippen LogP contribution in [0.4, 0.5) is 0 Å². The maximum atomic E-state index is 13.7. The zero-order valence-corrected chi connectivity index (χ0v) is 22.4. The highest BCUT2D eigenvalue weighted by Crippen LogP contribution is 2.36. The van der Waals surface area contributed by atoms with Crippen LogP contribution in [0.1, 0.15) is 36.6 Å². The molecule has 0 unspecified atom stereocenters. The van der Waals surface area contributed by atoms with Crippen LogP contribution in [-0.2, 0) is 9.53 Å². The molecule has 1 aliphatic heterocycles. The number of benzene rings is 2. The molecule has 0 saturated carbocycles. The van der Waals surface area contributed by atoms with Crippen molar-refractivity contribution < 1.29 is 19.0 Å². The van der Waals surface area contributed by atoms with Gasteiger partial charge in [-0.1, -0.05) is 58.7 Å². The number of thiazole rings is 1. The third-order valence-corrected chi connectivity index (χ3v) is 7.02. The molecule has 3 aromatic rings. The van der Waals surface area contributed by atoms with Gasteiger partial charge in [-0.15, -0.1) is 6.42 Å². The van der Waals surface area contributed by atoms with E-state index in [9.17, 15) is 9.59 Å². The van der Waals surface area contributed by atoms with Gasteiger partial charge in [0, 0.05) is 0 Å². The Bertz CT molecular complexity index is 1610. The maximum absolute atomic E-state index is 13.7. The van der Waals surface area contributed by atoms with Crippen LogP contribution in [0.15, 0.2) is 57.5 Å². The van der Waals surface area contributed by atoms with Gasteiger partial charge in [0.2, 0.25) is 0 Å². The second kappa shape index (κ2) is 11.1. The topological polar surface area (TPSA) is 79.1 Å². The van der Waals surface area contributed by atoms with E-state index in [4.69, 9.17) is 32.2 Å². The van der Waals surface area contributed by atoms with Crippen molar-refractivity contribution in [2.75, 3.05) is 20.3 Å². The number of aryl methyl sites for hydroxylation is 1. The summed E-state index contributed by atoms with van der Waals surface area (Å²) in [6, 6.07) is 10.4. The largest absolute Gasteiger partial charge is 0.493 e. The van der Waals surface area contributed by atoms with Gasteiger partial charge in [0.1, 0.15) is 6.61 Å². The summed E-state index contributed by atoms with van der Waals surface area (Å²) in [5.41, 5.74) is 3.05. The molecule has 0 bridgehead atoms. The van der Waals surface area contributed by atoms with Crippen LogP contribution in [0.5, 0.6) is 11.5 Å².